The molecule has 1 aromatic carbocycles. The Balaban J connectivity index is 2.05. The zero-order valence-electron chi connectivity index (χ0n) is 10.8. The maximum absolute atomic E-state index is 11.4. The normalized spacial score (nSPS) is 16.2. The van der Waals surface area contributed by atoms with Gasteiger partial charge >= 0.3 is 0 Å². The van der Waals surface area contributed by atoms with Gasteiger partial charge in [-0.15, -0.1) is 0 Å². The number of nitrogens with one attached hydrogen (secondary N) is 2. The molecule has 0 saturated carbocycles. The van der Waals surface area contributed by atoms with Crippen LogP contribution >= 0.6 is 0 Å². The summed E-state index contributed by atoms with van der Waals surface area (Å²) >= 11 is 0. The molecule has 0 fully saturated rings. The van der Waals surface area contributed by atoms with Gasteiger partial charge in [0.1, 0.15) is 0 Å². The van der Waals surface area contributed by atoms with E-state index in [4.69, 9.17) is 9.47 Å². The standard InChI is InChI=1S/C13H18N2O3/c1-8(15-9(2)13(16)14-3)10-4-5-11-12(6-10)18-7-17-11/h4-6,8-9,15H,7H2,1-3H3,(H,14,16). The molecule has 1 aromatic rings. The Morgan fingerprint density at radius 1 is 1.28 bits per heavy atom. The minimum atomic E-state index is -0.240. The lowest BCUT2D eigenvalue weighted by molar-refractivity contribution is -0.122. The van der Waals surface area contributed by atoms with Gasteiger partial charge in [0.15, 0.2) is 11.5 Å². The van der Waals surface area contributed by atoms with Crippen molar-refractivity contribution in [1.82, 2.24) is 10.6 Å². The Morgan fingerprint density at radius 2 is 2.00 bits per heavy atom. The van der Waals surface area contributed by atoms with E-state index >= 15 is 0 Å². The molecule has 5 heteroatoms. The Kier molecular flexibility index (Phi) is 3.72. The van der Waals surface area contributed by atoms with Crippen molar-refractivity contribution in [3.05, 3.63) is 23.8 Å². The van der Waals surface area contributed by atoms with E-state index in [-0.39, 0.29) is 24.8 Å². The first-order valence-corrected chi connectivity index (χ1v) is 5.99. The fraction of sp³-hybridized carbons (Fsp3) is 0.462. The molecule has 1 aliphatic heterocycles. The highest BCUT2D eigenvalue weighted by Gasteiger charge is 2.18. The van der Waals surface area contributed by atoms with Crippen LogP contribution < -0.4 is 20.1 Å². The average Bonchev–Trinajstić information content (AvgIpc) is 2.84. The van der Waals surface area contributed by atoms with Crippen molar-refractivity contribution in [2.24, 2.45) is 0 Å². The molecule has 0 spiro atoms. The van der Waals surface area contributed by atoms with E-state index in [1.165, 1.54) is 0 Å². The molecule has 98 valence electrons. The van der Waals surface area contributed by atoms with Crippen LogP contribution in [0.3, 0.4) is 0 Å². The highest BCUT2D eigenvalue weighted by atomic mass is 16.7. The molecule has 0 radical (unpaired) electrons. The zero-order chi connectivity index (χ0) is 13.1. The predicted octanol–water partition coefficient (Wildman–Crippen LogP) is 1.20. The zero-order valence-corrected chi connectivity index (χ0v) is 10.8. The molecule has 5 nitrogen and oxygen atoms in total. The number of rotatable bonds is 4. The molecule has 0 bridgehead atoms. The smallest absolute Gasteiger partial charge is 0.236 e. The van der Waals surface area contributed by atoms with Crippen LogP contribution in [0.15, 0.2) is 18.2 Å². The number of ether oxygens (including phenoxy) is 2. The van der Waals surface area contributed by atoms with Gasteiger partial charge in [0.05, 0.1) is 6.04 Å². The van der Waals surface area contributed by atoms with Gasteiger partial charge in [0.2, 0.25) is 12.7 Å². The first-order chi connectivity index (χ1) is 8.61. The molecule has 1 aliphatic rings. The van der Waals surface area contributed by atoms with Crippen LogP contribution in [0.1, 0.15) is 25.5 Å². The van der Waals surface area contributed by atoms with Crippen LogP contribution in [0.5, 0.6) is 11.5 Å². The van der Waals surface area contributed by atoms with Gasteiger partial charge in [-0.05, 0) is 31.5 Å². The molecule has 18 heavy (non-hydrogen) atoms. The van der Waals surface area contributed by atoms with E-state index in [0.29, 0.717) is 0 Å². The maximum atomic E-state index is 11.4. The molecule has 2 atom stereocenters. The molecule has 0 saturated heterocycles. The quantitative estimate of drug-likeness (QED) is 0.843. The molecular formula is C13H18N2O3. The van der Waals surface area contributed by atoms with Gasteiger partial charge < -0.3 is 14.8 Å². The summed E-state index contributed by atoms with van der Waals surface area (Å²) in [6.07, 6.45) is 0. The van der Waals surface area contributed by atoms with Crippen molar-refractivity contribution < 1.29 is 14.3 Å². The molecule has 1 heterocycles. The van der Waals surface area contributed by atoms with E-state index in [2.05, 4.69) is 10.6 Å². The van der Waals surface area contributed by atoms with Crippen LogP contribution in [0.4, 0.5) is 0 Å². The third-order valence-electron chi connectivity index (χ3n) is 3.04. The number of hydrogen-bond donors (Lipinski definition) is 2. The summed E-state index contributed by atoms with van der Waals surface area (Å²) in [5, 5.41) is 5.85. The number of likely N-dealkylation sites (N-methyl/N-ethyl adjacent to an activating group) is 1. The third-order valence-corrected chi connectivity index (χ3v) is 3.04. The summed E-state index contributed by atoms with van der Waals surface area (Å²) in [6, 6.07) is 5.63. The SMILES string of the molecule is CNC(=O)C(C)NC(C)c1ccc2c(c1)OCO2. The van der Waals surface area contributed by atoms with Crippen LogP contribution in [0, 0.1) is 0 Å². The lowest BCUT2D eigenvalue weighted by Gasteiger charge is -2.19. The van der Waals surface area contributed by atoms with Crippen molar-refractivity contribution >= 4 is 5.91 Å². The minimum absolute atomic E-state index is 0.0254. The van der Waals surface area contributed by atoms with Gasteiger partial charge in [0, 0.05) is 13.1 Å². The van der Waals surface area contributed by atoms with Crippen molar-refractivity contribution in [3.63, 3.8) is 0 Å². The van der Waals surface area contributed by atoms with Gasteiger partial charge in [-0.1, -0.05) is 6.07 Å². The van der Waals surface area contributed by atoms with Crippen LogP contribution in [-0.4, -0.2) is 25.8 Å². The first-order valence-electron chi connectivity index (χ1n) is 5.99. The van der Waals surface area contributed by atoms with Gasteiger partial charge in [-0.2, -0.15) is 0 Å². The topological polar surface area (TPSA) is 59.6 Å². The molecular weight excluding hydrogens is 232 g/mol. The minimum Gasteiger partial charge on any atom is -0.454 e. The molecule has 0 aromatic heterocycles. The number of hydrogen-bond acceptors (Lipinski definition) is 4. The molecule has 0 aliphatic carbocycles. The predicted molar refractivity (Wildman–Crippen MR) is 67.6 cm³/mol. The summed E-state index contributed by atoms with van der Waals surface area (Å²) in [5.41, 5.74) is 1.06. The fourth-order valence-electron chi connectivity index (χ4n) is 1.95. The van der Waals surface area contributed by atoms with Crippen LogP contribution in [-0.2, 0) is 4.79 Å². The van der Waals surface area contributed by atoms with Crippen molar-refractivity contribution in [2.45, 2.75) is 25.9 Å². The van der Waals surface area contributed by atoms with Crippen LogP contribution in [0.2, 0.25) is 0 Å². The van der Waals surface area contributed by atoms with E-state index in [0.717, 1.165) is 17.1 Å². The monoisotopic (exact) mass is 250 g/mol. The van der Waals surface area contributed by atoms with E-state index in [1.807, 2.05) is 32.0 Å². The van der Waals surface area contributed by atoms with Crippen molar-refractivity contribution in [2.75, 3.05) is 13.8 Å². The lowest BCUT2D eigenvalue weighted by atomic mass is 10.1. The molecule has 2 rings (SSSR count). The summed E-state index contributed by atoms with van der Waals surface area (Å²) in [6.45, 7) is 4.12. The second kappa shape index (κ2) is 5.27. The van der Waals surface area contributed by atoms with E-state index in [1.54, 1.807) is 7.05 Å². The van der Waals surface area contributed by atoms with Gasteiger partial charge in [-0.25, -0.2) is 0 Å². The Morgan fingerprint density at radius 3 is 2.72 bits per heavy atom. The largest absolute Gasteiger partial charge is 0.454 e. The van der Waals surface area contributed by atoms with E-state index in [9.17, 15) is 4.79 Å². The molecule has 2 unspecified atom stereocenters. The third kappa shape index (κ3) is 2.56. The van der Waals surface area contributed by atoms with Crippen LogP contribution in [0.25, 0.3) is 0 Å². The first kappa shape index (κ1) is 12.7. The number of carbonyl (C=O) groups is 1. The highest BCUT2D eigenvalue weighted by Crippen LogP contribution is 2.34. The van der Waals surface area contributed by atoms with E-state index < -0.39 is 0 Å². The average molecular weight is 250 g/mol. The Bertz CT molecular complexity index is 448. The second-order valence-corrected chi connectivity index (χ2v) is 4.34. The van der Waals surface area contributed by atoms with Gasteiger partial charge in [0.25, 0.3) is 0 Å². The van der Waals surface area contributed by atoms with Gasteiger partial charge in [-0.3, -0.25) is 10.1 Å². The van der Waals surface area contributed by atoms with Crippen molar-refractivity contribution in [1.29, 1.82) is 0 Å². The Labute approximate surface area is 106 Å². The fourth-order valence-corrected chi connectivity index (χ4v) is 1.95. The summed E-state index contributed by atoms with van der Waals surface area (Å²) in [7, 11) is 1.63. The highest BCUT2D eigenvalue weighted by molar-refractivity contribution is 5.80. The summed E-state index contributed by atoms with van der Waals surface area (Å²) in [4.78, 5) is 11.4. The Hall–Kier alpha value is -1.75. The second-order valence-electron chi connectivity index (χ2n) is 4.34. The molecule has 1 amide bonds. The maximum Gasteiger partial charge on any atom is 0.236 e. The summed E-state index contributed by atoms with van der Waals surface area (Å²) in [5.74, 6) is 1.50. The van der Waals surface area contributed by atoms with Crippen molar-refractivity contribution in [3.8, 4) is 11.5 Å². The number of fused-ring (bicyclic) bond motifs is 1. The summed E-state index contributed by atoms with van der Waals surface area (Å²) < 4.78 is 10.6. The number of benzene rings is 1. The lowest BCUT2D eigenvalue weighted by Crippen LogP contribution is -2.41. The molecule has 2 N–H and O–H groups in total. The number of amides is 1. The number of carbonyl (C=O) groups excluding carboxylic acids is 1.